The summed E-state index contributed by atoms with van der Waals surface area (Å²) in [6.07, 6.45) is 3.92. The zero-order valence-corrected chi connectivity index (χ0v) is 10.3. The normalized spacial score (nSPS) is 12.8. The largest absolute Gasteiger partial charge is 0.480 e. The van der Waals surface area contributed by atoms with Crippen LogP contribution < -0.4 is 0 Å². The third-order valence-electron chi connectivity index (χ3n) is 2.37. The maximum Gasteiger partial charge on any atom is 0.317 e. The molecule has 1 atom stereocenters. The molecule has 17 heavy (non-hydrogen) atoms. The van der Waals surface area contributed by atoms with Crippen molar-refractivity contribution in [3.8, 4) is 0 Å². The van der Waals surface area contributed by atoms with E-state index in [2.05, 4.69) is 15.2 Å². The van der Waals surface area contributed by atoms with Gasteiger partial charge in [0.1, 0.15) is 16.1 Å². The number of carbonyl (C=O) groups is 1. The average Bonchev–Trinajstić information content (AvgIpc) is 2.69. The Labute approximate surface area is 102 Å². The Kier molecular flexibility index (Phi) is 3.28. The molecule has 7 heteroatoms. The zero-order valence-electron chi connectivity index (χ0n) is 9.49. The molecule has 0 aliphatic carbocycles. The summed E-state index contributed by atoms with van der Waals surface area (Å²) in [6, 6.07) is 0. The highest BCUT2D eigenvalue weighted by atomic mass is 32.2. The average molecular weight is 252 g/mol. The predicted molar refractivity (Wildman–Crippen MR) is 63.1 cm³/mol. The first-order valence-corrected chi connectivity index (χ1v) is 6.07. The summed E-state index contributed by atoms with van der Waals surface area (Å²) in [5.41, 5.74) is 0.606. The van der Waals surface area contributed by atoms with E-state index in [1.54, 1.807) is 16.8 Å². The topological polar surface area (TPSA) is 80.4 Å². The number of aliphatic carboxylic acids is 1. The maximum absolute atomic E-state index is 11.0. The van der Waals surface area contributed by atoms with Crippen molar-refractivity contribution in [1.82, 2.24) is 19.6 Å². The highest BCUT2D eigenvalue weighted by Crippen LogP contribution is 2.26. The molecular formula is C10H12N4O2S. The van der Waals surface area contributed by atoms with Gasteiger partial charge in [0.25, 0.3) is 0 Å². The Bertz CT molecular complexity index is 554. The van der Waals surface area contributed by atoms with Gasteiger partial charge in [-0.3, -0.25) is 9.20 Å². The van der Waals surface area contributed by atoms with Crippen molar-refractivity contribution in [3.05, 3.63) is 18.2 Å². The molecule has 0 amide bonds. The molecule has 0 bridgehead atoms. The Morgan fingerprint density at radius 3 is 3.00 bits per heavy atom. The van der Waals surface area contributed by atoms with Crippen LogP contribution in [0.5, 0.6) is 0 Å². The SMILES string of the molecule is CCC(Sc1nccn2c(C)nnc12)C(=O)O. The quantitative estimate of drug-likeness (QED) is 0.828. The summed E-state index contributed by atoms with van der Waals surface area (Å²) in [7, 11) is 0. The Morgan fingerprint density at radius 1 is 1.59 bits per heavy atom. The van der Waals surface area contributed by atoms with Crippen molar-refractivity contribution in [2.75, 3.05) is 0 Å². The van der Waals surface area contributed by atoms with Crippen LogP contribution in [0.3, 0.4) is 0 Å². The number of rotatable bonds is 4. The number of hydrogen-bond donors (Lipinski definition) is 1. The van der Waals surface area contributed by atoms with Gasteiger partial charge in [-0.1, -0.05) is 18.7 Å². The van der Waals surface area contributed by atoms with E-state index in [1.807, 2.05) is 13.8 Å². The van der Waals surface area contributed by atoms with E-state index in [4.69, 9.17) is 5.11 Å². The summed E-state index contributed by atoms with van der Waals surface area (Å²) >= 11 is 1.21. The number of aromatic nitrogens is 4. The highest BCUT2D eigenvalue weighted by molar-refractivity contribution is 8.00. The highest BCUT2D eigenvalue weighted by Gasteiger charge is 2.19. The zero-order chi connectivity index (χ0) is 12.4. The van der Waals surface area contributed by atoms with Gasteiger partial charge in [-0.05, 0) is 13.3 Å². The minimum atomic E-state index is -0.836. The molecule has 0 aromatic carbocycles. The number of thioether (sulfide) groups is 1. The lowest BCUT2D eigenvalue weighted by molar-refractivity contribution is -0.136. The van der Waals surface area contributed by atoms with E-state index in [0.717, 1.165) is 5.82 Å². The van der Waals surface area contributed by atoms with Crippen LogP contribution in [-0.2, 0) is 4.79 Å². The second kappa shape index (κ2) is 4.70. The molecule has 0 aliphatic rings. The van der Waals surface area contributed by atoms with Gasteiger partial charge in [-0.2, -0.15) is 0 Å². The predicted octanol–water partition coefficient (Wildman–Crippen LogP) is 1.39. The monoisotopic (exact) mass is 252 g/mol. The van der Waals surface area contributed by atoms with Crippen molar-refractivity contribution < 1.29 is 9.90 Å². The first-order chi connectivity index (χ1) is 8.13. The van der Waals surface area contributed by atoms with Crippen LogP contribution in [0, 0.1) is 6.92 Å². The molecule has 2 rings (SSSR count). The van der Waals surface area contributed by atoms with Gasteiger partial charge >= 0.3 is 5.97 Å². The molecule has 90 valence electrons. The number of carboxylic acids is 1. The van der Waals surface area contributed by atoms with Crippen LogP contribution in [0.4, 0.5) is 0 Å². The minimum Gasteiger partial charge on any atom is -0.480 e. The van der Waals surface area contributed by atoms with E-state index in [-0.39, 0.29) is 0 Å². The van der Waals surface area contributed by atoms with Gasteiger partial charge in [0.05, 0.1) is 0 Å². The van der Waals surface area contributed by atoms with Gasteiger partial charge in [0.15, 0.2) is 5.65 Å². The van der Waals surface area contributed by atoms with E-state index >= 15 is 0 Å². The number of aryl methyl sites for hydroxylation is 1. The second-order valence-electron chi connectivity index (χ2n) is 3.53. The van der Waals surface area contributed by atoms with Gasteiger partial charge in [0.2, 0.25) is 0 Å². The summed E-state index contributed by atoms with van der Waals surface area (Å²) in [5.74, 6) is -0.0786. The van der Waals surface area contributed by atoms with Gasteiger partial charge < -0.3 is 5.11 Å². The van der Waals surface area contributed by atoms with Crippen LogP contribution in [0.2, 0.25) is 0 Å². The van der Waals surface area contributed by atoms with Crippen LogP contribution in [0.1, 0.15) is 19.2 Å². The molecule has 2 heterocycles. The number of hydrogen-bond acceptors (Lipinski definition) is 5. The Morgan fingerprint density at radius 2 is 2.35 bits per heavy atom. The van der Waals surface area contributed by atoms with Crippen molar-refractivity contribution in [1.29, 1.82) is 0 Å². The summed E-state index contributed by atoms with van der Waals surface area (Å²) in [6.45, 7) is 3.67. The second-order valence-corrected chi connectivity index (χ2v) is 4.72. The fraction of sp³-hybridized carbons (Fsp3) is 0.400. The van der Waals surface area contributed by atoms with Crippen LogP contribution in [-0.4, -0.2) is 35.9 Å². The molecule has 0 aliphatic heterocycles. The number of fused-ring (bicyclic) bond motifs is 1. The summed E-state index contributed by atoms with van der Waals surface area (Å²) < 4.78 is 1.80. The lowest BCUT2D eigenvalue weighted by Gasteiger charge is -2.08. The standard InChI is InChI=1S/C10H12N4O2S/c1-3-7(10(15)16)17-9-8-13-12-6(2)14(8)5-4-11-9/h4-5,7H,3H2,1-2H3,(H,15,16). The molecule has 0 saturated carbocycles. The van der Waals surface area contributed by atoms with E-state index in [1.165, 1.54) is 11.8 Å². The molecule has 6 nitrogen and oxygen atoms in total. The third-order valence-corrected chi connectivity index (χ3v) is 3.70. The van der Waals surface area contributed by atoms with Crippen LogP contribution >= 0.6 is 11.8 Å². The lowest BCUT2D eigenvalue weighted by atomic mass is 10.3. The fourth-order valence-corrected chi connectivity index (χ4v) is 2.35. The van der Waals surface area contributed by atoms with Crippen molar-refractivity contribution >= 4 is 23.4 Å². The fourth-order valence-electron chi connectivity index (χ4n) is 1.45. The molecular weight excluding hydrogens is 240 g/mol. The van der Waals surface area contributed by atoms with Crippen LogP contribution in [0.15, 0.2) is 17.4 Å². The van der Waals surface area contributed by atoms with Crippen molar-refractivity contribution in [2.24, 2.45) is 0 Å². The lowest BCUT2D eigenvalue weighted by Crippen LogP contribution is -2.15. The number of carboxylic acid groups (broad SMARTS) is 1. The Balaban J connectivity index is 2.38. The smallest absolute Gasteiger partial charge is 0.317 e. The molecule has 2 aromatic rings. The van der Waals surface area contributed by atoms with Crippen LogP contribution in [0.25, 0.3) is 5.65 Å². The van der Waals surface area contributed by atoms with Gasteiger partial charge in [-0.15, -0.1) is 10.2 Å². The molecule has 1 N–H and O–H groups in total. The molecule has 0 saturated heterocycles. The first kappa shape index (κ1) is 11.8. The summed E-state index contributed by atoms with van der Waals surface area (Å²) in [5, 5.41) is 17.1. The molecule has 2 aromatic heterocycles. The molecule has 0 radical (unpaired) electrons. The summed E-state index contributed by atoms with van der Waals surface area (Å²) in [4.78, 5) is 15.2. The molecule has 0 fully saturated rings. The van der Waals surface area contributed by atoms with E-state index in [0.29, 0.717) is 17.1 Å². The van der Waals surface area contributed by atoms with E-state index in [9.17, 15) is 4.79 Å². The van der Waals surface area contributed by atoms with Crippen molar-refractivity contribution in [2.45, 2.75) is 30.5 Å². The number of nitrogens with zero attached hydrogens (tertiary/aromatic N) is 4. The van der Waals surface area contributed by atoms with E-state index < -0.39 is 11.2 Å². The minimum absolute atomic E-state index is 0.509. The first-order valence-electron chi connectivity index (χ1n) is 5.19. The van der Waals surface area contributed by atoms with Crippen molar-refractivity contribution in [3.63, 3.8) is 0 Å². The molecule has 0 spiro atoms. The Hall–Kier alpha value is -1.63. The third kappa shape index (κ3) is 2.23. The van der Waals surface area contributed by atoms with Gasteiger partial charge in [-0.25, -0.2) is 4.98 Å². The maximum atomic E-state index is 11.0. The van der Waals surface area contributed by atoms with Gasteiger partial charge in [0, 0.05) is 12.4 Å². The molecule has 1 unspecified atom stereocenters.